The van der Waals surface area contributed by atoms with Gasteiger partial charge in [-0.2, -0.15) is 0 Å². The van der Waals surface area contributed by atoms with Crippen molar-refractivity contribution >= 4 is 38.9 Å². The molecule has 3 aromatic rings. The zero-order valence-electron chi connectivity index (χ0n) is 9.66. The summed E-state index contributed by atoms with van der Waals surface area (Å²) in [6, 6.07) is 6.98. The van der Waals surface area contributed by atoms with Gasteiger partial charge in [0.15, 0.2) is 5.78 Å². The van der Waals surface area contributed by atoms with E-state index >= 15 is 0 Å². The SMILES string of the molecule is Cc1csc2[nH]cc(C(=O)c3ccc(Cl)cc3)c12. The first-order chi connectivity index (χ1) is 8.66. The van der Waals surface area contributed by atoms with E-state index in [1.807, 2.05) is 6.92 Å². The van der Waals surface area contributed by atoms with Crippen molar-refractivity contribution in [2.45, 2.75) is 6.92 Å². The van der Waals surface area contributed by atoms with Crippen molar-refractivity contribution in [1.29, 1.82) is 0 Å². The highest BCUT2D eigenvalue weighted by molar-refractivity contribution is 7.17. The Kier molecular flexibility index (Phi) is 2.73. The van der Waals surface area contributed by atoms with E-state index in [0.717, 1.165) is 21.3 Å². The van der Waals surface area contributed by atoms with Crippen molar-refractivity contribution in [3.05, 3.63) is 57.6 Å². The van der Waals surface area contributed by atoms with E-state index in [0.29, 0.717) is 10.6 Å². The third-order valence-corrected chi connectivity index (χ3v) is 4.22. The van der Waals surface area contributed by atoms with Gasteiger partial charge in [-0.15, -0.1) is 11.3 Å². The largest absolute Gasteiger partial charge is 0.352 e. The predicted molar refractivity (Wildman–Crippen MR) is 75.8 cm³/mol. The lowest BCUT2D eigenvalue weighted by Gasteiger charge is -1.99. The summed E-state index contributed by atoms with van der Waals surface area (Å²) in [5.74, 6) is 0.0272. The van der Waals surface area contributed by atoms with Gasteiger partial charge in [0.1, 0.15) is 4.83 Å². The van der Waals surface area contributed by atoms with Crippen LogP contribution in [0.3, 0.4) is 0 Å². The van der Waals surface area contributed by atoms with E-state index < -0.39 is 0 Å². The molecule has 0 unspecified atom stereocenters. The summed E-state index contributed by atoms with van der Waals surface area (Å²) in [6.07, 6.45) is 1.78. The van der Waals surface area contributed by atoms with E-state index in [1.165, 1.54) is 0 Å². The zero-order valence-corrected chi connectivity index (χ0v) is 11.2. The van der Waals surface area contributed by atoms with Gasteiger partial charge in [0.25, 0.3) is 0 Å². The topological polar surface area (TPSA) is 32.9 Å². The van der Waals surface area contributed by atoms with Crippen molar-refractivity contribution in [3.8, 4) is 0 Å². The Morgan fingerprint density at radius 1 is 1.28 bits per heavy atom. The van der Waals surface area contributed by atoms with Gasteiger partial charge in [-0.3, -0.25) is 4.79 Å². The van der Waals surface area contributed by atoms with Crippen LogP contribution in [0, 0.1) is 6.92 Å². The average molecular weight is 276 g/mol. The molecule has 0 aliphatic heterocycles. The highest BCUT2D eigenvalue weighted by Crippen LogP contribution is 2.29. The summed E-state index contributed by atoms with van der Waals surface area (Å²) >= 11 is 7.45. The highest BCUT2D eigenvalue weighted by Gasteiger charge is 2.16. The molecule has 18 heavy (non-hydrogen) atoms. The number of thiophene rings is 1. The fourth-order valence-electron chi connectivity index (χ4n) is 2.03. The normalized spacial score (nSPS) is 11.0. The number of hydrogen-bond donors (Lipinski definition) is 1. The Morgan fingerprint density at radius 3 is 2.72 bits per heavy atom. The number of rotatable bonds is 2. The summed E-state index contributed by atoms with van der Waals surface area (Å²) in [6.45, 7) is 2.02. The second kappa shape index (κ2) is 4.26. The molecule has 0 spiro atoms. The third-order valence-electron chi connectivity index (χ3n) is 2.94. The van der Waals surface area contributed by atoms with Crippen LogP contribution in [0.2, 0.25) is 5.02 Å². The van der Waals surface area contributed by atoms with Crippen LogP contribution in [0.4, 0.5) is 0 Å². The van der Waals surface area contributed by atoms with Crippen molar-refractivity contribution < 1.29 is 4.79 Å². The lowest BCUT2D eigenvalue weighted by molar-refractivity contribution is 0.104. The third kappa shape index (κ3) is 1.76. The van der Waals surface area contributed by atoms with Gasteiger partial charge in [-0.25, -0.2) is 0 Å². The summed E-state index contributed by atoms with van der Waals surface area (Å²) in [5, 5.41) is 3.72. The van der Waals surface area contributed by atoms with Crippen LogP contribution in [0.5, 0.6) is 0 Å². The van der Waals surface area contributed by atoms with Crippen LogP contribution in [-0.2, 0) is 0 Å². The standard InChI is InChI=1S/C14H10ClNOS/c1-8-7-18-14-12(8)11(6-16-14)13(17)9-2-4-10(15)5-3-9/h2-7,16H,1H3. The first kappa shape index (κ1) is 11.5. The Balaban J connectivity index is 2.11. The van der Waals surface area contributed by atoms with Crippen molar-refractivity contribution in [2.75, 3.05) is 0 Å². The lowest BCUT2D eigenvalue weighted by atomic mass is 10.0. The number of H-pyrrole nitrogens is 1. The molecule has 0 aliphatic carbocycles. The molecule has 0 saturated heterocycles. The van der Waals surface area contributed by atoms with Gasteiger partial charge in [0, 0.05) is 27.7 Å². The molecule has 4 heteroatoms. The highest BCUT2D eigenvalue weighted by atomic mass is 35.5. The Morgan fingerprint density at radius 2 is 2.00 bits per heavy atom. The molecule has 2 heterocycles. The molecule has 0 radical (unpaired) electrons. The first-order valence-corrected chi connectivity index (χ1v) is 6.78. The van der Waals surface area contributed by atoms with Crippen LogP contribution in [0.15, 0.2) is 35.8 Å². The molecule has 0 bridgehead atoms. The molecule has 90 valence electrons. The number of benzene rings is 1. The lowest BCUT2D eigenvalue weighted by Crippen LogP contribution is -2.00. The first-order valence-electron chi connectivity index (χ1n) is 5.52. The van der Waals surface area contributed by atoms with Crippen molar-refractivity contribution in [3.63, 3.8) is 0 Å². The maximum atomic E-state index is 12.4. The summed E-state index contributed by atoms with van der Waals surface area (Å²) in [5.41, 5.74) is 2.52. The Hall–Kier alpha value is -1.58. The fourth-order valence-corrected chi connectivity index (χ4v) is 3.09. The number of nitrogens with one attached hydrogen (secondary N) is 1. The number of aromatic amines is 1. The maximum Gasteiger partial charge on any atom is 0.195 e. The molecule has 0 fully saturated rings. The summed E-state index contributed by atoms with van der Waals surface area (Å²) in [4.78, 5) is 16.6. The minimum atomic E-state index is 0.0272. The molecule has 0 amide bonds. The van der Waals surface area contributed by atoms with E-state index in [9.17, 15) is 4.79 Å². The number of halogens is 1. The molecule has 0 saturated carbocycles. The van der Waals surface area contributed by atoms with E-state index in [1.54, 1.807) is 41.8 Å². The van der Waals surface area contributed by atoms with Crippen LogP contribution < -0.4 is 0 Å². The maximum absolute atomic E-state index is 12.4. The van der Waals surface area contributed by atoms with Crippen molar-refractivity contribution in [1.82, 2.24) is 4.98 Å². The van der Waals surface area contributed by atoms with Crippen LogP contribution in [-0.4, -0.2) is 10.8 Å². The van der Waals surface area contributed by atoms with Gasteiger partial charge in [0.05, 0.1) is 0 Å². The Labute approximate surface area is 113 Å². The van der Waals surface area contributed by atoms with Gasteiger partial charge < -0.3 is 4.98 Å². The van der Waals surface area contributed by atoms with Gasteiger partial charge in [-0.1, -0.05) is 11.6 Å². The summed E-state index contributed by atoms with van der Waals surface area (Å²) in [7, 11) is 0. The molecule has 0 aliphatic rings. The number of ketones is 1. The molecular formula is C14H10ClNOS. The van der Waals surface area contributed by atoms with Crippen molar-refractivity contribution in [2.24, 2.45) is 0 Å². The molecular weight excluding hydrogens is 266 g/mol. The number of aromatic nitrogens is 1. The summed E-state index contributed by atoms with van der Waals surface area (Å²) < 4.78 is 0. The Bertz CT molecular complexity index is 724. The van der Waals surface area contributed by atoms with E-state index in [4.69, 9.17) is 11.6 Å². The monoisotopic (exact) mass is 275 g/mol. The second-order valence-electron chi connectivity index (χ2n) is 4.16. The number of carbonyl (C=O) groups excluding carboxylic acids is 1. The van der Waals surface area contributed by atoms with E-state index in [-0.39, 0.29) is 5.78 Å². The predicted octanol–water partition coefficient (Wildman–Crippen LogP) is 4.42. The minimum Gasteiger partial charge on any atom is -0.352 e. The minimum absolute atomic E-state index is 0.0272. The molecule has 3 rings (SSSR count). The molecule has 2 nitrogen and oxygen atoms in total. The smallest absolute Gasteiger partial charge is 0.195 e. The number of fused-ring (bicyclic) bond motifs is 1. The molecule has 1 aromatic carbocycles. The van der Waals surface area contributed by atoms with Crippen LogP contribution in [0.1, 0.15) is 21.5 Å². The van der Waals surface area contributed by atoms with E-state index in [2.05, 4.69) is 10.4 Å². The van der Waals surface area contributed by atoms with Crippen LogP contribution in [0.25, 0.3) is 10.2 Å². The number of aryl methyl sites for hydroxylation is 1. The second-order valence-corrected chi connectivity index (χ2v) is 5.48. The molecule has 1 N–H and O–H groups in total. The van der Waals surface area contributed by atoms with Gasteiger partial charge in [-0.05, 0) is 42.1 Å². The van der Waals surface area contributed by atoms with Gasteiger partial charge >= 0.3 is 0 Å². The quantitative estimate of drug-likeness (QED) is 0.690. The zero-order chi connectivity index (χ0) is 12.7. The molecule has 0 atom stereocenters. The fraction of sp³-hybridized carbons (Fsp3) is 0.0714. The van der Waals surface area contributed by atoms with Crippen LogP contribution >= 0.6 is 22.9 Å². The van der Waals surface area contributed by atoms with Gasteiger partial charge in [0.2, 0.25) is 0 Å². The average Bonchev–Trinajstić information content (AvgIpc) is 2.93. The number of hydrogen-bond acceptors (Lipinski definition) is 2. The molecule has 2 aromatic heterocycles. The number of carbonyl (C=O) groups is 1.